The van der Waals surface area contributed by atoms with Crippen molar-refractivity contribution in [2.24, 2.45) is 11.8 Å². The molecule has 0 heterocycles. The third kappa shape index (κ3) is 1.76. The number of fused-ring (bicyclic) bond motifs is 1. The van der Waals surface area contributed by atoms with Crippen LogP contribution in [0.2, 0.25) is 0 Å². The molecule has 0 amide bonds. The number of allylic oxidation sites excluding steroid dienone is 3. The van der Waals surface area contributed by atoms with Gasteiger partial charge in [-0.3, -0.25) is 0 Å². The molecule has 2 rings (SSSR count). The number of hydrogen-bond acceptors (Lipinski definition) is 0. The number of rotatable bonds is 2. The smallest absolute Gasteiger partial charge is 0.00783 e. The summed E-state index contributed by atoms with van der Waals surface area (Å²) in [6.07, 6.45) is 6.30. The first-order valence-electron chi connectivity index (χ1n) is 5.80. The van der Waals surface area contributed by atoms with Crippen LogP contribution < -0.4 is 0 Å². The summed E-state index contributed by atoms with van der Waals surface area (Å²) in [5.74, 6) is 0.804. The Kier molecular flexibility index (Phi) is 3.09. The average molecular weight is 210 g/mol. The van der Waals surface area contributed by atoms with E-state index in [1.54, 1.807) is 0 Å². The van der Waals surface area contributed by atoms with Gasteiger partial charge < -0.3 is 0 Å². The fourth-order valence-corrected chi connectivity index (χ4v) is 2.57. The zero-order chi connectivity index (χ0) is 11.5. The van der Waals surface area contributed by atoms with E-state index >= 15 is 0 Å². The van der Waals surface area contributed by atoms with E-state index in [1.807, 2.05) is 12.2 Å². The number of hydrogen-bond donors (Lipinski definition) is 0. The van der Waals surface area contributed by atoms with Crippen LogP contribution in [0.4, 0.5) is 0 Å². The van der Waals surface area contributed by atoms with E-state index in [1.165, 1.54) is 16.7 Å². The molecule has 0 radical (unpaired) electrons. The molecule has 0 fully saturated rings. The van der Waals surface area contributed by atoms with Crippen molar-refractivity contribution < 1.29 is 0 Å². The SMILES string of the molecule is C=CC1CCc2ccccc2C(=C)C1C=C. The molecule has 1 aromatic carbocycles. The zero-order valence-corrected chi connectivity index (χ0v) is 9.65. The van der Waals surface area contributed by atoms with Crippen LogP contribution in [-0.4, -0.2) is 0 Å². The van der Waals surface area contributed by atoms with Crippen molar-refractivity contribution in [1.29, 1.82) is 0 Å². The molecule has 2 atom stereocenters. The predicted molar refractivity (Wildman–Crippen MR) is 71.2 cm³/mol. The van der Waals surface area contributed by atoms with Crippen molar-refractivity contribution in [2.45, 2.75) is 12.8 Å². The summed E-state index contributed by atoms with van der Waals surface area (Å²) < 4.78 is 0. The fourth-order valence-electron chi connectivity index (χ4n) is 2.57. The van der Waals surface area contributed by atoms with Gasteiger partial charge in [-0.05, 0) is 35.5 Å². The van der Waals surface area contributed by atoms with E-state index in [2.05, 4.69) is 44.0 Å². The molecule has 0 nitrogen and oxygen atoms in total. The summed E-state index contributed by atoms with van der Waals surface area (Å²) in [5, 5.41) is 0. The zero-order valence-electron chi connectivity index (χ0n) is 9.65. The summed E-state index contributed by atoms with van der Waals surface area (Å²) in [6, 6.07) is 8.55. The van der Waals surface area contributed by atoms with Crippen molar-refractivity contribution in [3.63, 3.8) is 0 Å². The maximum Gasteiger partial charge on any atom is 0.00783 e. The summed E-state index contributed by atoms with van der Waals surface area (Å²) in [4.78, 5) is 0. The lowest BCUT2D eigenvalue weighted by atomic mass is 9.84. The van der Waals surface area contributed by atoms with Crippen LogP contribution in [-0.2, 0) is 6.42 Å². The molecular formula is C16H18. The normalized spacial score (nSPS) is 24.4. The molecular weight excluding hydrogens is 192 g/mol. The van der Waals surface area contributed by atoms with Crippen LogP contribution in [0.5, 0.6) is 0 Å². The predicted octanol–water partition coefficient (Wildman–Crippen LogP) is 4.25. The maximum atomic E-state index is 4.25. The standard InChI is InChI=1S/C16H18/c1-4-13-10-11-14-8-6-7-9-16(14)12(3)15(13)5-2/h4-9,13,15H,1-3,10-11H2. The molecule has 1 aliphatic carbocycles. The summed E-state index contributed by atoms with van der Waals surface area (Å²) >= 11 is 0. The first-order chi connectivity index (χ1) is 7.77. The molecule has 0 aliphatic heterocycles. The minimum Gasteiger partial charge on any atom is -0.103 e. The van der Waals surface area contributed by atoms with Gasteiger partial charge in [-0.1, -0.05) is 43.0 Å². The Morgan fingerprint density at radius 1 is 1.12 bits per heavy atom. The molecule has 0 heteroatoms. The fraction of sp³-hybridized carbons (Fsp3) is 0.250. The van der Waals surface area contributed by atoms with E-state index in [9.17, 15) is 0 Å². The molecule has 0 N–H and O–H groups in total. The lowest BCUT2D eigenvalue weighted by Gasteiger charge is -2.20. The van der Waals surface area contributed by atoms with Gasteiger partial charge in [0.25, 0.3) is 0 Å². The van der Waals surface area contributed by atoms with E-state index in [0.29, 0.717) is 11.8 Å². The Hall–Kier alpha value is -1.56. The highest BCUT2D eigenvalue weighted by molar-refractivity contribution is 5.70. The second-order valence-corrected chi connectivity index (χ2v) is 4.38. The van der Waals surface area contributed by atoms with Gasteiger partial charge in [0.15, 0.2) is 0 Å². The Balaban J connectivity index is 2.47. The van der Waals surface area contributed by atoms with Gasteiger partial charge >= 0.3 is 0 Å². The van der Waals surface area contributed by atoms with Crippen molar-refractivity contribution in [1.82, 2.24) is 0 Å². The van der Waals surface area contributed by atoms with Crippen LogP contribution in [0.15, 0.2) is 56.2 Å². The van der Waals surface area contributed by atoms with Crippen molar-refractivity contribution in [3.05, 3.63) is 67.3 Å². The quantitative estimate of drug-likeness (QED) is 0.505. The second-order valence-electron chi connectivity index (χ2n) is 4.38. The minimum atomic E-state index is 0.334. The highest BCUT2D eigenvalue weighted by Gasteiger charge is 2.24. The second kappa shape index (κ2) is 4.52. The maximum absolute atomic E-state index is 4.25. The van der Waals surface area contributed by atoms with Gasteiger partial charge in [-0.2, -0.15) is 0 Å². The average Bonchev–Trinajstić information content (AvgIpc) is 2.46. The minimum absolute atomic E-state index is 0.334. The molecule has 16 heavy (non-hydrogen) atoms. The van der Waals surface area contributed by atoms with E-state index in [4.69, 9.17) is 0 Å². The Morgan fingerprint density at radius 3 is 2.56 bits per heavy atom. The molecule has 0 saturated carbocycles. The highest BCUT2D eigenvalue weighted by atomic mass is 14.3. The number of benzene rings is 1. The lowest BCUT2D eigenvalue weighted by Crippen LogP contribution is -2.09. The molecule has 82 valence electrons. The molecule has 1 aromatic rings. The van der Waals surface area contributed by atoms with Crippen molar-refractivity contribution >= 4 is 5.57 Å². The van der Waals surface area contributed by atoms with Gasteiger partial charge in [-0.25, -0.2) is 0 Å². The molecule has 0 aromatic heterocycles. The topological polar surface area (TPSA) is 0 Å². The summed E-state index contributed by atoms with van der Waals surface area (Å²) in [7, 11) is 0. The first-order valence-corrected chi connectivity index (χ1v) is 5.80. The van der Waals surface area contributed by atoms with Gasteiger partial charge in [-0.15, -0.1) is 13.2 Å². The summed E-state index contributed by atoms with van der Waals surface area (Å²) in [6.45, 7) is 12.1. The van der Waals surface area contributed by atoms with Gasteiger partial charge in [0.2, 0.25) is 0 Å². The van der Waals surface area contributed by atoms with Crippen LogP contribution in [0, 0.1) is 11.8 Å². The highest BCUT2D eigenvalue weighted by Crippen LogP contribution is 2.37. The molecule has 0 saturated heterocycles. The Bertz CT molecular complexity index is 425. The lowest BCUT2D eigenvalue weighted by molar-refractivity contribution is 0.536. The van der Waals surface area contributed by atoms with E-state index < -0.39 is 0 Å². The first kappa shape index (κ1) is 10.9. The van der Waals surface area contributed by atoms with Crippen LogP contribution in [0.25, 0.3) is 5.57 Å². The molecule has 0 bridgehead atoms. The van der Waals surface area contributed by atoms with Crippen LogP contribution in [0.1, 0.15) is 17.5 Å². The van der Waals surface area contributed by atoms with Crippen LogP contribution in [0.3, 0.4) is 0 Å². The Morgan fingerprint density at radius 2 is 1.88 bits per heavy atom. The van der Waals surface area contributed by atoms with Crippen molar-refractivity contribution in [2.75, 3.05) is 0 Å². The summed E-state index contributed by atoms with van der Waals surface area (Å²) in [5.41, 5.74) is 3.90. The Labute approximate surface area is 98.0 Å². The number of aryl methyl sites for hydroxylation is 1. The third-order valence-electron chi connectivity index (χ3n) is 3.53. The van der Waals surface area contributed by atoms with Gasteiger partial charge in [0.1, 0.15) is 0 Å². The van der Waals surface area contributed by atoms with Crippen LogP contribution >= 0.6 is 0 Å². The van der Waals surface area contributed by atoms with E-state index in [-0.39, 0.29) is 0 Å². The third-order valence-corrected chi connectivity index (χ3v) is 3.53. The molecule has 2 unspecified atom stereocenters. The van der Waals surface area contributed by atoms with Gasteiger partial charge in [0, 0.05) is 5.92 Å². The monoisotopic (exact) mass is 210 g/mol. The van der Waals surface area contributed by atoms with Crippen molar-refractivity contribution in [3.8, 4) is 0 Å². The molecule has 0 spiro atoms. The molecule has 1 aliphatic rings. The van der Waals surface area contributed by atoms with Gasteiger partial charge in [0.05, 0.1) is 0 Å². The van der Waals surface area contributed by atoms with E-state index in [0.717, 1.165) is 12.8 Å². The largest absolute Gasteiger partial charge is 0.103 e.